The molecule has 0 radical (unpaired) electrons. The van der Waals surface area contributed by atoms with E-state index in [0.717, 1.165) is 4.47 Å². The average Bonchev–Trinajstić information content (AvgIpc) is 2.55. The van der Waals surface area contributed by atoms with Crippen LogP contribution in [0.2, 0.25) is 0 Å². The quantitative estimate of drug-likeness (QED) is 0.663. The second kappa shape index (κ2) is 8.79. The van der Waals surface area contributed by atoms with Gasteiger partial charge in [0.2, 0.25) is 0 Å². The lowest BCUT2D eigenvalue weighted by atomic mass is 10.3. The summed E-state index contributed by atoms with van der Waals surface area (Å²) >= 11 is 6.61. The van der Waals surface area contributed by atoms with Crippen molar-refractivity contribution in [2.45, 2.75) is 0 Å². The lowest BCUT2D eigenvalue weighted by molar-refractivity contribution is -0.149. The van der Waals surface area contributed by atoms with Crippen molar-refractivity contribution in [1.29, 1.82) is 0 Å². The highest BCUT2D eigenvalue weighted by Crippen LogP contribution is 2.26. The summed E-state index contributed by atoms with van der Waals surface area (Å²) in [6, 6.07) is 10.9. The monoisotopic (exact) mass is 459 g/mol. The molecule has 0 saturated carbocycles. The van der Waals surface area contributed by atoms with Gasteiger partial charge in [0, 0.05) is 8.95 Å². The van der Waals surface area contributed by atoms with Crippen molar-refractivity contribution in [2.24, 2.45) is 0 Å². The molecule has 2 rings (SSSR count). The molecule has 0 aliphatic rings. The number of esters is 1. The van der Waals surface area contributed by atoms with Gasteiger partial charge in [-0.3, -0.25) is 4.79 Å². The minimum absolute atomic E-state index is 0.0577. The van der Waals surface area contributed by atoms with Crippen LogP contribution in [-0.2, 0) is 14.3 Å². The Hall–Kier alpha value is -1.93. The number of carbonyl (C=O) groups excluding carboxylic acids is 2. The molecule has 8 heteroatoms. The van der Waals surface area contributed by atoms with Crippen LogP contribution >= 0.6 is 31.9 Å². The molecule has 0 aliphatic heterocycles. The van der Waals surface area contributed by atoms with Crippen LogP contribution in [0.1, 0.15) is 0 Å². The van der Waals surface area contributed by atoms with Crippen LogP contribution < -0.4 is 10.1 Å². The molecule has 0 fully saturated rings. The SMILES string of the molecule is O=C(COC(=O)COc1ccccc1F)Nc1ccc(Br)cc1Br. The van der Waals surface area contributed by atoms with Crippen LogP contribution in [0.4, 0.5) is 10.1 Å². The summed E-state index contributed by atoms with van der Waals surface area (Å²) in [5.74, 6) is -1.92. The summed E-state index contributed by atoms with van der Waals surface area (Å²) in [6.07, 6.45) is 0. The maximum absolute atomic E-state index is 13.3. The van der Waals surface area contributed by atoms with Gasteiger partial charge in [-0.25, -0.2) is 9.18 Å². The number of nitrogens with one attached hydrogen (secondary N) is 1. The fraction of sp³-hybridized carbons (Fsp3) is 0.125. The van der Waals surface area contributed by atoms with Gasteiger partial charge in [0.15, 0.2) is 24.8 Å². The first-order chi connectivity index (χ1) is 11.5. The first-order valence-electron chi connectivity index (χ1n) is 6.73. The number of rotatable bonds is 6. The van der Waals surface area contributed by atoms with Gasteiger partial charge >= 0.3 is 5.97 Å². The molecule has 0 aliphatic carbocycles. The molecule has 2 aromatic carbocycles. The lowest BCUT2D eigenvalue weighted by Crippen LogP contribution is -2.23. The predicted molar refractivity (Wildman–Crippen MR) is 93.3 cm³/mol. The highest BCUT2D eigenvalue weighted by Gasteiger charge is 2.11. The van der Waals surface area contributed by atoms with Crippen LogP contribution in [0.5, 0.6) is 5.75 Å². The number of ether oxygens (including phenoxy) is 2. The van der Waals surface area contributed by atoms with Crippen molar-refractivity contribution in [1.82, 2.24) is 0 Å². The van der Waals surface area contributed by atoms with E-state index in [-0.39, 0.29) is 5.75 Å². The molecule has 2 aromatic rings. The summed E-state index contributed by atoms with van der Waals surface area (Å²) in [4.78, 5) is 23.3. The number of hydrogen-bond acceptors (Lipinski definition) is 4. The second-order valence-corrected chi connectivity index (χ2v) is 6.32. The summed E-state index contributed by atoms with van der Waals surface area (Å²) in [5, 5.41) is 2.59. The molecule has 0 aromatic heterocycles. The van der Waals surface area contributed by atoms with E-state index in [1.54, 1.807) is 24.3 Å². The molecule has 1 amide bonds. The van der Waals surface area contributed by atoms with Crippen LogP contribution in [0.25, 0.3) is 0 Å². The Morgan fingerprint density at radius 1 is 1.08 bits per heavy atom. The van der Waals surface area contributed by atoms with Gasteiger partial charge in [0.1, 0.15) is 0 Å². The van der Waals surface area contributed by atoms with Crippen LogP contribution in [0.3, 0.4) is 0 Å². The number of carbonyl (C=O) groups is 2. The van der Waals surface area contributed by atoms with E-state index in [9.17, 15) is 14.0 Å². The van der Waals surface area contributed by atoms with Gasteiger partial charge in [-0.15, -0.1) is 0 Å². The first kappa shape index (κ1) is 18.4. The highest BCUT2D eigenvalue weighted by atomic mass is 79.9. The third-order valence-corrected chi connectivity index (χ3v) is 3.90. The zero-order valence-electron chi connectivity index (χ0n) is 12.2. The van der Waals surface area contributed by atoms with Gasteiger partial charge in [-0.05, 0) is 46.3 Å². The minimum atomic E-state index is -0.775. The van der Waals surface area contributed by atoms with Gasteiger partial charge in [0.05, 0.1) is 5.69 Å². The van der Waals surface area contributed by atoms with Crippen molar-refractivity contribution >= 4 is 49.4 Å². The third kappa shape index (κ3) is 5.61. The predicted octanol–water partition coefficient (Wildman–Crippen LogP) is 3.91. The molecule has 5 nitrogen and oxygen atoms in total. The van der Waals surface area contributed by atoms with E-state index in [2.05, 4.69) is 37.2 Å². The number of para-hydroxylation sites is 1. The molecule has 126 valence electrons. The Morgan fingerprint density at radius 3 is 2.54 bits per heavy atom. The maximum atomic E-state index is 13.3. The van der Waals surface area contributed by atoms with E-state index < -0.39 is 30.9 Å². The molecule has 24 heavy (non-hydrogen) atoms. The summed E-state index contributed by atoms with van der Waals surface area (Å²) < 4.78 is 24.6. The van der Waals surface area contributed by atoms with E-state index in [0.29, 0.717) is 10.2 Å². The fourth-order valence-corrected chi connectivity index (χ4v) is 2.81. The molecular formula is C16H12Br2FNO4. The van der Waals surface area contributed by atoms with Crippen LogP contribution in [-0.4, -0.2) is 25.1 Å². The van der Waals surface area contributed by atoms with Crippen LogP contribution in [0.15, 0.2) is 51.4 Å². The Morgan fingerprint density at radius 2 is 1.83 bits per heavy atom. The zero-order valence-corrected chi connectivity index (χ0v) is 15.4. The standard InChI is InChI=1S/C16H12Br2FNO4/c17-10-5-6-13(11(18)7-10)20-15(21)8-24-16(22)9-23-14-4-2-1-3-12(14)19/h1-7H,8-9H2,(H,20,21). The summed E-state index contributed by atoms with van der Waals surface area (Å²) in [6.45, 7) is -0.960. The van der Waals surface area contributed by atoms with E-state index >= 15 is 0 Å². The van der Waals surface area contributed by atoms with Crippen molar-refractivity contribution in [3.05, 3.63) is 57.2 Å². The number of hydrogen-bond donors (Lipinski definition) is 1. The summed E-state index contributed by atoms with van der Waals surface area (Å²) in [5.41, 5.74) is 0.543. The normalized spacial score (nSPS) is 10.1. The molecular weight excluding hydrogens is 449 g/mol. The largest absolute Gasteiger partial charge is 0.479 e. The maximum Gasteiger partial charge on any atom is 0.344 e. The molecule has 0 bridgehead atoms. The molecule has 0 spiro atoms. The second-order valence-electron chi connectivity index (χ2n) is 4.55. The first-order valence-corrected chi connectivity index (χ1v) is 8.32. The van der Waals surface area contributed by atoms with E-state index in [4.69, 9.17) is 9.47 Å². The fourth-order valence-electron chi connectivity index (χ4n) is 1.66. The van der Waals surface area contributed by atoms with Crippen molar-refractivity contribution < 1.29 is 23.5 Å². The van der Waals surface area contributed by atoms with Gasteiger partial charge < -0.3 is 14.8 Å². The lowest BCUT2D eigenvalue weighted by Gasteiger charge is -2.09. The van der Waals surface area contributed by atoms with E-state index in [1.807, 2.05) is 0 Å². The van der Waals surface area contributed by atoms with Gasteiger partial charge in [-0.1, -0.05) is 28.1 Å². The Labute approximate surface area is 154 Å². The molecule has 0 unspecified atom stereocenters. The molecule has 0 heterocycles. The molecule has 0 atom stereocenters. The zero-order chi connectivity index (χ0) is 17.5. The Bertz CT molecular complexity index is 755. The Balaban J connectivity index is 1.77. The smallest absolute Gasteiger partial charge is 0.344 e. The topological polar surface area (TPSA) is 64.6 Å². The highest BCUT2D eigenvalue weighted by molar-refractivity contribution is 9.11. The van der Waals surface area contributed by atoms with Crippen molar-refractivity contribution in [3.8, 4) is 5.75 Å². The van der Waals surface area contributed by atoms with Gasteiger partial charge in [0.25, 0.3) is 5.91 Å². The summed E-state index contributed by atoms with van der Waals surface area (Å²) in [7, 11) is 0. The number of benzene rings is 2. The van der Waals surface area contributed by atoms with Crippen LogP contribution in [0, 0.1) is 5.82 Å². The third-order valence-electron chi connectivity index (χ3n) is 2.75. The minimum Gasteiger partial charge on any atom is -0.479 e. The Kier molecular flexibility index (Phi) is 6.74. The number of halogens is 3. The van der Waals surface area contributed by atoms with Crippen molar-refractivity contribution in [3.63, 3.8) is 0 Å². The molecule has 1 N–H and O–H groups in total. The number of anilines is 1. The molecule has 0 saturated heterocycles. The van der Waals surface area contributed by atoms with E-state index in [1.165, 1.54) is 18.2 Å². The average molecular weight is 461 g/mol. The van der Waals surface area contributed by atoms with Gasteiger partial charge in [-0.2, -0.15) is 0 Å². The van der Waals surface area contributed by atoms with Crippen molar-refractivity contribution in [2.75, 3.05) is 18.5 Å². The number of amides is 1.